The van der Waals surface area contributed by atoms with E-state index in [0.717, 1.165) is 0 Å². The molecule has 17 heavy (non-hydrogen) atoms. The predicted octanol–water partition coefficient (Wildman–Crippen LogP) is 5.07. The molecule has 0 aromatic heterocycles. The van der Waals surface area contributed by atoms with Gasteiger partial charge in [0.15, 0.2) is 0 Å². The van der Waals surface area contributed by atoms with Gasteiger partial charge in [0.05, 0.1) is 0 Å². The first-order valence-corrected chi connectivity index (χ1v) is 7.45. The molecule has 0 radical (unpaired) electrons. The van der Waals surface area contributed by atoms with Crippen molar-refractivity contribution < 1.29 is 0 Å². The van der Waals surface area contributed by atoms with Gasteiger partial charge in [0.1, 0.15) is 0 Å². The Morgan fingerprint density at radius 2 is 1.88 bits per heavy atom. The van der Waals surface area contributed by atoms with Gasteiger partial charge in [-0.05, 0) is 31.9 Å². The molecule has 2 atom stereocenters. The number of nitrogens with one attached hydrogen (secondary N) is 1. The molecule has 0 saturated carbocycles. The highest BCUT2D eigenvalue weighted by Gasteiger charge is 2.11. The summed E-state index contributed by atoms with van der Waals surface area (Å²) in [5, 5.41) is 3.67. The highest BCUT2D eigenvalue weighted by molar-refractivity contribution is 9.10. The molecule has 0 saturated heterocycles. The summed E-state index contributed by atoms with van der Waals surface area (Å²) in [5.74, 6) is 0. The zero-order valence-electron chi connectivity index (χ0n) is 11.2. The van der Waals surface area contributed by atoms with Crippen LogP contribution in [0.1, 0.15) is 58.1 Å². The van der Waals surface area contributed by atoms with Crippen LogP contribution in [0.5, 0.6) is 0 Å². The number of rotatable bonds is 7. The lowest BCUT2D eigenvalue weighted by Gasteiger charge is -2.21. The Labute approximate surface area is 114 Å². The van der Waals surface area contributed by atoms with Crippen molar-refractivity contribution in [2.24, 2.45) is 0 Å². The summed E-state index contributed by atoms with van der Waals surface area (Å²) >= 11 is 3.61. The maximum Gasteiger partial charge on any atom is 0.0305 e. The van der Waals surface area contributed by atoms with Gasteiger partial charge < -0.3 is 5.32 Å². The molecule has 0 fully saturated rings. The molecule has 1 rings (SSSR count). The number of hydrogen-bond donors (Lipinski definition) is 1. The Balaban J connectivity index is 2.43. The average molecular weight is 298 g/mol. The van der Waals surface area contributed by atoms with Crippen LogP contribution in [0.15, 0.2) is 28.7 Å². The molecule has 1 nitrogen and oxygen atoms in total. The Hall–Kier alpha value is -0.340. The normalized spacial score (nSPS) is 14.6. The molecule has 0 aliphatic heterocycles. The lowest BCUT2D eigenvalue weighted by atomic mass is 10.1. The summed E-state index contributed by atoms with van der Waals surface area (Å²) < 4.78 is 1.20. The fourth-order valence-corrected chi connectivity index (χ4v) is 2.75. The first kappa shape index (κ1) is 14.7. The van der Waals surface area contributed by atoms with Gasteiger partial charge in [0.25, 0.3) is 0 Å². The number of unbranched alkanes of at least 4 members (excludes halogenated alkanes) is 2. The van der Waals surface area contributed by atoms with Crippen LogP contribution in [0.25, 0.3) is 0 Å². The van der Waals surface area contributed by atoms with Gasteiger partial charge in [0.2, 0.25) is 0 Å². The van der Waals surface area contributed by atoms with E-state index in [1.165, 1.54) is 35.7 Å². The molecular weight excluding hydrogens is 274 g/mol. The summed E-state index contributed by atoms with van der Waals surface area (Å²) in [6.07, 6.45) is 5.23. The molecule has 0 aliphatic carbocycles. The summed E-state index contributed by atoms with van der Waals surface area (Å²) in [7, 11) is 0. The van der Waals surface area contributed by atoms with Crippen molar-refractivity contribution in [3.05, 3.63) is 34.3 Å². The van der Waals surface area contributed by atoms with E-state index in [1.807, 2.05) is 0 Å². The Morgan fingerprint density at radius 1 is 1.18 bits per heavy atom. The van der Waals surface area contributed by atoms with Crippen LogP contribution in [0.3, 0.4) is 0 Å². The first-order chi connectivity index (χ1) is 8.15. The van der Waals surface area contributed by atoms with E-state index < -0.39 is 0 Å². The van der Waals surface area contributed by atoms with E-state index in [1.54, 1.807) is 0 Å². The largest absolute Gasteiger partial charge is 0.308 e. The fraction of sp³-hybridized carbons (Fsp3) is 0.600. The summed E-state index contributed by atoms with van der Waals surface area (Å²) in [4.78, 5) is 0. The summed E-state index contributed by atoms with van der Waals surface area (Å²) in [6, 6.07) is 9.44. The molecule has 0 spiro atoms. The quantitative estimate of drug-likeness (QED) is 0.693. The zero-order valence-corrected chi connectivity index (χ0v) is 12.8. The monoisotopic (exact) mass is 297 g/mol. The molecule has 1 unspecified atom stereocenters. The average Bonchev–Trinajstić information content (AvgIpc) is 2.29. The van der Waals surface area contributed by atoms with Gasteiger partial charge in [-0.3, -0.25) is 0 Å². The van der Waals surface area contributed by atoms with E-state index in [2.05, 4.69) is 66.3 Å². The molecule has 1 aromatic rings. The molecule has 0 bridgehead atoms. The van der Waals surface area contributed by atoms with Crippen LogP contribution in [0.4, 0.5) is 0 Å². The highest BCUT2D eigenvalue weighted by Crippen LogP contribution is 2.23. The van der Waals surface area contributed by atoms with Crippen molar-refractivity contribution in [1.29, 1.82) is 0 Å². The van der Waals surface area contributed by atoms with Gasteiger partial charge in [-0.1, -0.05) is 60.3 Å². The van der Waals surface area contributed by atoms with Crippen molar-refractivity contribution in [2.75, 3.05) is 0 Å². The van der Waals surface area contributed by atoms with Crippen LogP contribution < -0.4 is 5.32 Å². The Bertz CT molecular complexity index is 324. The highest BCUT2D eigenvalue weighted by atomic mass is 79.9. The van der Waals surface area contributed by atoms with Gasteiger partial charge >= 0.3 is 0 Å². The molecule has 1 aromatic carbocycles. The molecule has 1 N–H and O–H groups in total. The SMILES string of the molecule is CCCCCC(C)N[C@@H](C)c1ccccc1Br. The second-order valence-corrected chi connectivity index (χ2v) is 5.66. The third-order valence-corrected chi connectivity index (χ3v) is 3.87. The zero-order chi connectivity index (χ0) is 12.7. The standard InChI is InChI=1S/C15H24BrN/c1-4-5-6-9-12(2)17-13(3)14-10-7-8-11-15(14)16/h7-8,10-13,17H,4-6,9H2,1-3H3/t12?,13-/m0/s1. The smallest absolute Gasteiger partial charge is 0.0305 e. The predicted molar refractivity (Wildman–Crippen MR) is 79.3 cm³/mol. The van der Waals surface area contributed by atoms with E-state index >= 15 is 0 Å². The molecule has 0 amide bonds. The Morgan fingerprint density at radius 3 is 2.53 bits per heavy atom. The van der Waals surface area contributed by atoms with Crippen molar-refractivity contribution in [3.8, 4) is 0 Å². The third-order valence-electron chi connectivity index (χ3n) is 3.15. The summed E-state index contributed by atoms with van der Waals surface area (Å²) in [6.45, 7) is 6.77. The van der Waals surface area contributed by atoms with E-state index in [-0.39, 0.29) is 0 Å². The molecule has 96 valence electrons. The Kier molecular flexibility index (Phi) is 6.83. The van der Waals surface area contributed by atoms with Crippen molar-refractivity contribution in [1.82, 2.24) is 5.32 Å². The van der Waals surface area contributed by atoms with E-state index in [0.29, 0.717) is 12.1 Å². The lowest BCUT2D eigenvalue weighted by Crippen LogP contribution is -2.29. The topological polar surface area (TPSA) is 12.0 Å². The van der Waals surface area contributed by atoms with Crippen molar-refractivity contribution in [2.45, 2.75) is 58.5 Å². The minimum Gasteiger partial charge on any atom is -0.308 e. The van der Waals surface area contributed by atoms with Crippen LogP contribution in [-0.4, -0.2) is 6.04 Å². The minimum absolute atomic E-state index is 0.405. The number of benzene rings is 1. The van der Waals surface area contributed by atoms with Crippen LogP contribution in [0.2, 0.25) is 0 Å². The third kappa shape index (κ3) is 5.22. The van der Waals surface area contributed by atoms with Gasteiger partial charge in [-0.25, -0.2) is 0 Å². The van der Waals surface area contributed by atoms with Gasteiger partial charge in [0, 0.05) is 16.6 Å². The maximum atomic E-state index is 3.67. The second kappa shape index (κ2) is 7.88. The van der Waals surface area contributed by atoms with E-state index in [9.17, 15) is 0 Å². The molecule has 0 aliphatic rings. The minimum atomic E-state index is 0.405. The molecular formula is C15H24BrN. The van der Waals surface area contributed by atoms with Crippen molar-refractivity contribution in [3.63, 3.8) is 0 Å². The molecule has 2 heteroatoms. The first-order valence-electron chi connectivity index (χ1n) is 6.65. The number of hydrogen-bond acceptors (Lipinski definition) is 1. The van der Waals surface area contributed by atoms with E-state index in [4.69, 9.17) is 0 Å². The van der Waals surface area contributed by atoms with Crippen LogP contribution >= 0.6 is 15.9 Å². The van der Waals surface area contributed by atoms with Gasteiger partial charge in [-0.15, -0.1) is 0 Å². The number of halogens is 1. The fourth-order valence-electron chi connectivity index (χ4n) is 2.13. The summed E-state index contributed by atoms with van der Waals surface area (Å²) in [5.41, 5.74) is 1.34. The van der Waals surface area contributed by atoms with Crippen LogP contribution in [-0.2, 0) is 0 Å². The van der Waals surface area contributed by atoms with Gasteiger partial charge in [-0.2, -0.15) is 0 Å². The van der Waals surface area contributed by atoms with Crippen LogP contribution in [0, 0.1) is 0 Å². The lowest BCUT2D eigenvalue weighted by molar-refractivity contribution is 0.439. The second-order valence-electron chi connectivity index (χ2n) is 4.81. The van der Waals surface area contributed by atoms with Crippen molar-refractivity contribution >= 4 is 15.9 Å². The molecule has 0 heterocycles. The maximum absolute atomic E-state index is 3.67.